The van der Waals surface area contributed by atoms with E-state index in [-0.39, 0.29) is 0 Å². The van der Waals surface area contributed by atoms with E-state index in [0.717, 1.165) is 78.4 Å². The van der Waals surface area contributed by atoms with Crippen LogP contribution in [0.5, 0.6) is 6.01 Å². The van der Waals surface area contributed by atoms with Crippen LogP contribution in [0, 0.1) is 17.4 Å². The summed E-state index contributed by atoms with van der Waals surface area (Å²) in [5.74, 6) is 1.37. The SMILES string of the molecule is CN1CCCC1.COc1nc2c(c(N(C)CC3CCCN(C#N)C3)n1)CCN(c1cccc3cccc(Cl)c13)C2. The molecule has 4 heterocycles. The molecule has 9 heteroatoms. The summed E-state index contributed by atoms with van der Waals surface area (Å²) >= 11 is 6.61. The van der Waals surface area contributed by atoms with E-state index in [2.05, 4.69) is 59.3 Å². The fraction of sp³-hybridized carbons (Fsp3) is 0.516. The van der Waals surface area contributed by atoms with Crippen LogP contribution in [0.1, 0.15) is 36.9 Å². The number of ether oxygens (including phenoxy) is 1. The monoisotopic (exact) mass is 561 g/mol. The van der Waals surface area contributed by atoms with Gasteiger partial charge in [-0.15, -0.1) is 0 Å². The van der Waals surface area contributed by atoms with E-state index in [9.17, 15) is 5.26 Å². The van der Waals surface area contributed by atoms with Gasteiger partial charge in [0.15, 0.2) is 6.19 Å². The molecule has 40 heavy (non-hydrogen) atoms. The number of nitrogens with zero attached hydrogens (tertiary/aromatic N) is 7. The fourth-order valence-corrected chi connectivity index (χ4v) is 6.47. The van der Waals surface area contributed by atoms with E-state index >= 15 is 0 Å². The third-order valence-electron chi connectivity index (χ3n) is 8.26. The average Bonchev–Trinajstić information content (AvgIpc) is 3.47. The second-order valence-corrected chi connectivity index (χ2v) is 11.6. The maximum atomic E-state index is 9.30. The van der Waals surface area contributed by atoms with Gasteiger partial charge in [-0.25, -0.2) is 0 Å². The van der Waals surface area contributed by atoms with Crippen LogP contribution in [-0.4, -0.2) is 80.2 Å². The Morgan fingerprint density at radius 3 is 2.55 bits per heavy atom. The predicted octanol–water partition coefficient (Wildman–Crippen LogP) is 5.20. The molecule has 0 amide bonds. The maximum Gasteiger partial charge on any atom is 0.318 e. The van der Waals surface area contributed by atoms with Gasteiger partial charge >= 0.3 is 6.01 Å². The van der Waals surface area contributed by atoms with Crippen LogP contribution >= 0.6 is 11.6 Å². The van der Waals surface area contributed by atoms with Crippen molar-refractivity contribution in [1.82, 2.24) is 19.8 Å². The van der Waals surface area contributed by atoms with Crippen molar-refractivity contribution in [2.45, 2.75) is 38.6 Å². The van der Waals surface area contributed by atoms with Crippen molar-refractivity contribution in [1.29, 1.82) is 5.26 Å². The van der Waals surface area contributed by atoms with Crippen molar-refractivity contribution >= 4 is 33.9 Å². The summed E-state index contributed by atoms with van der Waals surface area (Å²) in [7, 11) is 5.87. The molecule has 2 fully saturated rings. The fourth-order valence-electron chi connectivity index (χ4n) is 6.19. The number of halogens is 1. The second kappa shape index (κ2) is 12.9. The van der Waals surface area contributed by atoms with Crippen LogP contribution in [0.25, 0.3) is 10.8 Å². The lowest BCUT2D eigenvalue weighted by atomic mass is 9.97. The molecule has 8 nitrogen and oxygen atoms in total. The molecule has 2 aromatic carbocycles. The molecule has 0 spiro atoms. The highest BCUT2D eigenvalue weighted by Crippen LogP contribution is 2.37. The number of hydrogen-bond acceptors (Lipinski definition) is 8. The Hall–Kier alpha value is -3.28. The van der Waals surface area contributed by atoms with Gasteiger partial charge in [-0.2, -0.15) is 15.2 Å². The first-order valence-corrected chi connectivity index (χ1v) is 14.7. The lowest BCUT2D eigenvalue weighted by Crippen LogP contribution is -2.39. The van der Waals surface area contributed by atoms with E-state index in [1.54, 1.807) is 7.11 Å². The van der Waals surface area contributed by atoms with E-state index < -0.39 is 0 Å². The Morgan fingerprint density at radius 2 is 1.85 bits per heavy atom. The van der Waals surface area contributed by atoms with Crippen molar-refractivity contribution < 1.29 is 4.74 Å². The Morgan fingerprint density at radius 1 is 1.07 bits per heavy atom. The van der Waals surface area contributed by atoms with E-state index in [1.807, 2.05) is 17.0 Å². The predicted molar refractivity (Wildman–Crippen MR) is 162 cm³/mol. The molecule has 212 valence electrons. The van der Waals surface area contributed by atoms with Gasteiger partial charge in [-0.1, -0.05) is 35.9 Å². The molecule has 6 rings (SSSR count). The molecule has 1 unspecified atom stereocenters. The van der Waals surface area contributed by atoms with Gasteiger partial charge in [0.1, 0.15) is 5.82 Å². The molecule has 0 saturated carbocycles. The first kappa shape index (κ1) is 28.3. The first-order valence-electron chi connectivity index (χ1n) is 14.4. The number of anilines is 2. The van der Waals surface area contributed by atoms with Crippen molar-refractivity contribution in [2.75, 3.05) is 70.3 Å². The number of hydrogen-bond donors (Lipinski definition) is 0. The molecule has 0 N–H and O–H groups in total. The summed E-state index contributed by atoms with van der Waals surface area (Å²) in [4.78, 5) is 18.3. The largest absolute Gasteiger partial charge is 0.467 e. The standard InChI is InChI=1S/C26H29ClN6O.C5H11N/c1-31(14-18-6-5-12-32(15-18)17-28)25-20-11-13-33(16-22(20)29-26(30-25)34-2)23-10-4-8-19-7-3-9-21(27)24(19)23;1-6-4-2-3-5-6/h3-4,7-10,18H,5-6,11-16H2,1-2H3;2-5H2,1H3. The molecule has 3 aliphatic heterocycles. The van der Waals surface area contributed by atoms with E-state index in [4.69, 9.17) is 26.3 Å². The van der Waals surface area contributed by atoms with Gasteiger partial charge in [0.05, 0.1) is 24.4 Å². The number of fused-ring (bicyclic) bond motifs is 2. The number of rotatable bonds is 5. The minimum absolute atomic E-state index is 0.390. The molecule has 0 bridgehead atoms. The minimum Gasteiger partial charge on any atom is -0.467 e. The smallest absolute Gasteiger partial charge is 0.318 e. The summed E-state index contributed by atoms with van der Waals surface area (Å²) in [6, 6.07) is 12.7. The Kier molecular flexibility index (Phi) is 9.13. The molecule has 0 aliphatic carbocycles. The number of likely N-dealkylation sites (tertiary alicyclic amines) is 2. The quantitative estimate of drug-likeness (QED) is 0.394. The van der Waals surface area contributed by atoms with Crippen molar-refractivity contribution in [3.8, 4) is 12.2 Å². The lowest BCUT2D eigenvalue weighted by molar-refractivity contribution is 0.246. The van der Waals surface area contributed by atoms with Crippen LogP contribution in [0.2, 0.25) is 5.02 Å². The molecular formula is C31H40ClN7O. The van der Waals surface area contributed by atoms with Crippen LogP contribution in [-0.2, 0) is 13.0 Å². The Balaban J connectivity index is 0.000000477. The Bertz CT molecular complexity index is 1350. The van der Waals surface area contributed by atoms with Gasteiger partial charge in [0, 0.05) is 49.9 Å². The van der Waals surface area contributed by atoms with Gasteiger partial charge < -0.3 is 24.3 Å². The molecule has 3 aromatic rings. The third-order valence-corrected chi connectivity index (χ3v) is 8.58. The number of nitriles is 1. The normalized spacial score (nSPS) is 19.0. The maximum absolute atomic E-state index is 9.30. The van der Waals surface area contributed by atoms with E-state index in [0.29, 0.717) is 18.5 Å². The van der Waals surface area contributed by atoms with Crippen molar-refractivity contribution in [3.63, 3.8) is 0 Å². The molecule has 1 atom stereocenters. The molecule has 2 saturated heterocycles. The highest BCUT2D eigenvalue weighted by Gasteiger charge is 2.27. The van der Waals surface area contributed by atoms with Gasteiger partial charge in [0.2, 0.25) is 0 Å². The third kappa shape index (κ3) is 6.37. The van der Waals surface area contributed by atoms with Gasteiger partial charge in [0.25, 0.3) is 0 Å². The highest BCUT2D eigenvalue weighted by atomic mass is 35.5. The Labute approximate surface area is 243 Å². The summed E-state index contributed by atoms with van der Waals surface area (Å²) < 4.78 is 5.49. The zero-order chi connectivity index (χ0) is 28.1. The van der Waals surface area contributed by atoms with Gasteiger partial charge in [-0.3, -0.25) is 0 Å². The summed E-state index contributed by atoms with van der Waals surface area (Å²) in [6.45, 7) is 6.69. The number of benzene rings is 2. The minimum atomic E-state index is 0.390. The summed E-state index contributed by atoms with van der Waals surface area (Å²) in [6.07, 6.45) is 8.16. The average molecular weight is 562 g/mol. The van der Waals surface area contributed by atoms with Crippen LogP contribution < -0.4 is 14.5 Å². The zero-order valence-electron chi connectivity index (χ0n) is 23.9. The summed E-state index contributed by atoms with van der Waals surface area (Å²) in [5, 5.41) is 12.3. The molecule has 1 aromatic heterocycles. The van der Waals surface area contributed by atoms with Gasteiger partial charge in [-0.05, 0) is 75.7 Å². The van der Waals surface area contributed by atoms with Crippen molar-refractivity contribution in [2.24, 2.45) is 5.92 Å². The lowest BCUT2D eigenvalue weighted by Gasteiger charge is -2.35. The van der Waals surface area contributed by atoms with Crippen LogP contribution in [0.4, 0.5) is 11.5 Å². The summed E-state index contributed by atoms with van der Waals surface area (Å²) in [5.41, 5.74) is 3.30. The molecule has 3 aliphatic rings. The second-order valence-electron chi connectivity index (χ2n) is 11.2. The molecule has 0 radical (unpaired) electrons. The topological polar surface area (TPSA) is 71.8 Å². The van der Waals surface area contributed by atoms with Crippen LogP contribution in [0.3, 0.4) is 0 Å². The first-order chi connectivity index (χ1) is 19.5. The number of aromatic nitrogens is 2. The number of methoxy groups -OCH3 is 1. The molecular weight excluding hydrogens is 522 g/mol. The van der Waals surface area contributed by atoms with Crippen LogP contribution in [0.15, 0.2) is 36.4 Å². The van der Waals surface area contributed by atoms with E-state index in [1.165, 1.54) is 31.5 Å². The zero-order valence-corrected chi connectivity index (χ0v) is 24.7. The highest BCUT2D eigenvalue weighted by molar-refractivity contribution is 6.36. The van der Waals surface area contributed by atoms with Crippen molar-refractivity contribution in [3.05, 3.63) is 52.7 Å². The number of piperidine rings is 1.